The summed E-state index contributed by atoms with van der Waals surface area (Å²) in [5, 5.41) is 2.64. The molecule has 4 rings (SSSR count). The van der Waals surface area contributed by atoms with Crippen LogP contribution in [0.2, 0.25) is 0 Å². The van der Waals surface area contributed by atoms with E-state index >= 15 is 0 Å². The maximum absolute atomic E-state index is 13.2. The maximum Gasteiger partial charge on any atom is 0.290 e. The highest BCUT2D eigenvalue weighted by Gasteiger charge is 2.41. The number of thiazole rings is 1. The van der Waals surface area contributed by atoms with Gasteiger partial charge in [-0.25, -0.2) is 4.98 Å². The van der Waals surface area contributed by atoms with Gasteiger partial charge in [0, 0.05) is 35.7 Å². The third-order valence-corrected chi connectivity index (χ3v) is 6.08. The van der Waals surface area contributed by atoms with Gasteiger partial charge in [-0.3, -0.25) is 9.59 Å². The monoisotopic (exact) mass is 412 g/mol. The van der Waals surface area contributed by atoms with E-state index in [2.05, 4.69) is 18.8 Å². The number of nitrogens with zero attached hydrogens (tertiary/aromatic N) is 2. The van der Waals surface area contributed by atoms with Crippen LogP contribution in [0.4, 0.5) is 0 Å². The molecule has 1 aromatic heterocycles. The van der Waals surface area contributed by atoms with Gasteiger partial charge in [-0.05, 0) is 24.5 Å². The quantitative estimate of drug-likeness (QED) is 0.697. The Kier molecular flexibility index (Phi) is 5.41. The number of carbonyl (C=O) groups excluding carboxylic acids is 2. The van der Waals surface area contributed by atoms with Crippen LogP contribution in [0.5, 0.6) is 11.5 Å². The van der Waals surface area contributed by atoms with E-state index in [0.717, 1.165) is 21.9 Å². The molecule has 0 saturated carbocycles. The van der Waals surface area contributed by atoms with Crippen molar-refractivity contribution in [1.82, 2.24) is 9.88 Å². The number of carbonyl (C=O) groups is 2. The summed E-state index contributed by atoms with van der Waals surface area (Å²) in [4.78, 5) is 32.2. The number of amides is 1. The van der Waals surface area contributed by atoms with Crippen LogP contribution in [0.3, 0.4) is 0 Å². The van der Waals surface area contributed by atoms with Gasteiger partial charge in [0.1, 0.15) is 11.5 Å². The molecule has 0 radical (unpaired) electrons. The number of ketones is 1. The van der Waals surface area contributed by atoms with Crippen molar-refractivity contribution in [2.24, 2.45) is 5.92 Å². The molecule has 0 saturated heterocycles. The van der Waals surface area contributed by atoms with Gasteiger partial charge in [-0.2, -0.15) is 0 Å². The molecule has 0 unspecified atom stereocenters. The zero-order chi connectivity index (χ0) is 20.5. The number of Topliss-reactive ketones (excluding diaryl/α,β-unsaturated/α-hetero) is 1. The number of fused-ring (bicyclic) bond motifs is 1. The topological polar surface area (TPSA) is 68.7 Å². The first-order chi connectivity index (χ1) is 14.0. The number of aromatic nitrogens is 1. The molecular formula is C22H24N2O4S. The van der Waals surface area contributed by atoms with Gasteiger partial charge in [0.05, 0.1) is 24.6 Å². The van der Waals surface area contributed by atoms with E-state index in [-0.39, 0.29) is 24.0 Å². The van der Waals surface area contributed by atoms with Gasteiger partial charge in [0.2, 0.25) is 0 Å². The Bertz CT molecular complexity index is 965. The minimum atomic E-state index is -0.481. The predicted molar refractivity (Wildman–Crippen MR) is 110 cm³/mol. The van der Waals surface area contributed by atoms with Crippen LogP contribution in [0.25, 0.3) is 0 Å². The van der Waals surface area contributed by atoms with Crippen LogP contribution >= 0.6 is 11.3 Å². The Hall–Kier alpha value is -2.67. The van der Waals surface area contributed by atoms with Crippen LogP contribution in [-0.2, 0) is 22.4 Å². The normalized spacial score (nSPS) is 16.6. The molecule has 7 heteroatoms. The summed E-state index contributed by atoms with van der Waals surface area (Å²) in [7, 11) is 1.63. The molecule has 0 spiro atoms. The summed E-state index contributed by atoms with van der Waals surface area (Å²) in [5.41, 5.74) is 1.85. The lowest BCUT2D eigenvalue weighted by molar-refractivity contribution is -0.136. The molecule has 2 aliphatic heterocycles. The van der Waals surface area contributed by atoms with Gasteiger partial charge >= 0.3 is 0 Å². The minimum absolute atomic E-state index is 0.0249. The molecule has 29 heavy (non-hydrogen) atoms. The van der Waals surface area contributed by atoms with E-state index in [0.29, 0.717) is 30.9 Å². The van der Waals surface area contributed by atoms with E-state index in [1.54, 1.807) is 18.2 Å². The van der Waals surface area contributed by atoms with Crippen molar-refractivity contribution >= 4 is 23.0 Å². The average Bonchev–Trinajstić information content (AvgIpc) is 3.32. The summed E-state index contributed by atoms with van der Waals surface area (Å²) in [5.74, 6) is 1.86. The van der Waals surface area contributed by atoms with Crippen molar-refractivity contribution in [2.75, 3.05) is 13.7 Å². The van der Waals surface area contributed by atoms with Crippen LogP contribution < -0.4 is 9.47 Å². The molecule has 1 aromatic carbocycles. The van der Waals surface area contributed by atoms with E-state index in [9.17, 15) is 9.59 Å². The van der Waals surface area contributed by atoms with Crippen molar-refractivity contribution in [2.45, 2.75) is 39.2 Å². The molecule has 1 amide bonds. The van der Waals surface area contributed by atoms with Gasteiger partial charge in [0.25, 0.3) is 5.91 Å². The third kappa shape index (κ3) is 3.79. The van der Waals surface area contributed by atoms with Crippen LogP contribution in [0.15, 0.2) is 41.1 Å². The van der Waals surface area contributed by atoms with E-state index in [1.165, 1.54) is 11.3 Å². The second-order valence-electron chi connectivity index (χ2n) is 7.80. The zero-order valence-electron chi connectivity index (χ0n) is 16.8. The van der Waals surface area contributed by atoms with Crippen molar-refractivity contribution in [3.05, 3.63) is 51.7 Å². The van der Waals surface area contributed by atoms with E-state index in [4.69, 9.17) is 9.47 Å². The van der Waals surface area contributed by atoms with Crippen LogP contribution in [-0.4, -0.2) is 41.3 Å². The molecule has 0 fully saturated rings. The van der Waals surface area contributed by atoms with Gasteiger partial charge in [-0.15, -0.1) is 11.3 Å². The third-order valence-electron chi connectivity index (χ3n) is 5.30. The second-order valence-corrected chi connectivity index (χ2v) is 8.77. The Balaban J connectivity index is 1.57. The number of rotatable bonds is 7. The Morgan fingerprint density at radius 1 is 1.38 bits per heavy atom. The number of methoxy groups -OCH3 is 1. The van der Waals surface area contributed by atoms with Crippen molar-refractivity contribution in [3.63, 3.8) is 0 Å². The molecule has 152 valence electrons. The van der Waals surface area contributed by atoms with E-state index < -0.39 is 6.04 Å². The van der Waals surface area contributed by atoms with E-state index in [1.807, 2.05) is 23.6 Å². The zero-order valence-corrected chi connectivity index (χ0v) is 17.6. The lowest BCUT2D eigenvalue weighted by atomic mass is 9.97. The Morgan fingerprint density at radius 2 is 2.21 bits per heavy atom. The maximum atomic E-state index is 13.2. The molecule has 6 nitrogen and oxygen atoms in total. The van der Waals surface area contributed by atoms with Gasteiger partial charge in [0.15, 0.2) is 11.5 Å². The Labute approximate surface area is 174 Å². The molecule has 0 aliphatic carbocycles. The molecule has 3 heterocycles. The fourth-order valence-corrected chi connectivity index (χ4v) is 4.58. The van der Waals surface area contributed by atoms with Crippen molar-refractivity contribution in [3.8, 4) is 11.5 Å². The summed E-state index contributed by atoms with van der Waals surface area (Å²) in [6.07, 6.45) is 3.15. The first-order valence-corrected chi connectivity index (χ1v) is 10.6. The second kappa shape index (κ2) is 7.99. The molecule has 2 aliphatic rings. The highest BCUT2D eigenvalue weighted by molar-refractivity contribution is 7.09. The standard InChI is InChI=1S/C22H24N2O4S/c1-13(2)9-16(17(25)11-20-23-7-8-29-20)24-12-14-10-15-18(27-3)5-4-6-19(15)28-21(14)22(24)26/h4-8,13,16H,9-12H2,1-3H3/t16-/m0/s1. The van der Waals surface area contributed by atoms with Gasteiger partial charge in [-0.1, -0.05) is 19.9 Å². The van der Waals surface area contributed by atoms with Crippen molar-refractivity contribution < 1.29 is 19.1 Å². The lowest BCUT2D eigenvalue weighted by Gasteiger charge is -2.28. The highest BCUT2D eigenvalue weighted by Crippen LogP contribution is 2.40. The number of benzene rings is 1. The molecule has 0 bridgehead atoms. The summed E-state index contributed by atoms with van der Waals surface area (Å²) in [6.45, 7) is 4.54. The van der Waals surface area contributed by atoms with Crippen molar-refractivity contribution in [1.29, 1.82) is 0 Å². The minimum Gasteiger partial charge on any atom is -0.496 e. The first-order valence-electron chi connectivity index (χ1n) is 9.75. The number of ether oxygens (including phenoxy) is 2. The lowest BCUT2D eigenvalue weighted by Crippen LogP contribution is -2.45. The van der Waals surface area contributed by atoms with Crippen LogP contribution in [0.1, 0.15) is 30.8 Å². The summed E-state index contributed by atoms with van der Waals surface area (Å²) in [6, 6.07) is 5.10. The fourth-order valence-electron chi connectivity index (χ4n) is 3.95. The highest BCUT2D eigenvalue weighted by atomic mass is 32.1. The SMILES string of the molecule is COc1cccc2c1CC1=C(O2)C(=O)N([C@@H](CC(C)C)C(=O)Cc2nccs2)C1. The number of hydrogen-bond acceptors (Lipinski definition) is 6. The predicted octanol–water partition coefficient (Wildman–Crippen LogP) is 3.41. The number of hydrogen-bond donors (Lipinski definition) is 0. The molecule has 0 N–H and O–H groups in total. The Morgan fingerprint density at radius 3 is 2.90 bits per heavy atom. The largest absolute Gasteiger partial charge is 0.496 e. The summed E-state index contributed by atoms with van der Waals surface area (Å²) < 4.78 is 11.4. The smallest absolute Gasteiger partial charge is 0.290 e. The van der Waals surface area contributed by atoms with Crippen LogP contribution in [0, 0.1) is 5.92 Å². The summed E-state index contributed by atoms with van der Waals surface area (Å²) >= 11 is 1.46. The first kappa shape index (κ1) is 19.6. The molecule has 1 atom stereocenters. The van der Waals surface area contributed by atoms with Gasteiger partial charge < -0.3 is 14.4 Å². The molecular weight excluding hydrogens is 388 g/mol. The average molecular weight is 413 g/mol. The molecule has 2 aromatic rings. The fraction of sp³-hybridized carbons (Fsp3) is 0.409.